The van der Waals surface area contributed by atoms with Gasteiger partial charge in [-0.2, -0.15) is 0 Å². The Labute approximate surface area is 117 Å². The summed E-state index contributed by atoms with van der Waals surface area (Å²) in [6.45, 7) is 4.22. The molecule has 1 N–H and O–H groups in total. The number of hydrogen-bond acceptors (Lipinski definition) is 2. The minimum absolute atomic E-state index is 0.202. The molecular weight excluding hydrogens is 295 g/mol. The van der Waals surface area contributed by atoms with E-state index < -0.39 is 0 Å². The third kappa shape index (κ3) is 3.53. The van der Waals surface area contributed by atoms with Crippen LogP contribution in [-0.4, -0.2) is 30.6 Å². The van der Waals surface area contributed by atoms with Gasteiger partial charge in [0.25, 0.3) is 0 Å². The van der Waals surface area contributed by atoms with E-state index in [2.05, 4.69) is 40.1 Å². The second-order valence-electron chi connectivity index (χ2n) is 5.18. The van der Waals surface area contributed by atoms with Gasteiger partial charge in [0.1, 0.15) is 5.82 Å². The van der Waals surface area contributed by atoms with Gasteiger partial charge in [-0.3, -0.25) is 0 Å². The van der Waals surface area contributed by atoms with Gasteiger partial charge in [-0.05, 0) is 67.0 Å². The molecule has 2 atom stereocenters. The van der Waals surface area contributed by atoms with E-state index in [1.807, 2.05) is 12.1 Å². The van der Waals surface area contributed by atoms with Crippen LogP contribution >= 0.6 is 15.9 Å². The molecule has 1 saturated heterocycles. The van der Waals surface area contributed by atoms with Gasteiger partial charge in [0, 0.05) is 18.6 Å². The van der Waals surface area contributed by atoms with Gasteiger partial charge in [0.15, 0.2) is 0 Å². The third-order valence-electron chi connectivity index (χ3n) is 3.79. The maximum Gasteiger partial charge on any atom is 0.137 e. The summed E-state index contributed by atoms with van der Waals surface area (Å²) in [6.07, 6.45) is 2.36. The van der Waals surface area contributed by atoms with Crippen LogP contribution in [0, 0.1) is 5.82 Å². The minimum atomic E-state index is -0.202. The van der Waals surface area contributed by atoms with E-state index in [0.717, 1.165) is 18.7 Å². The summed E-state index contributed by atoms with van der Waals surface area (Å²) in [5.41, 5.74) is 1.12. The monoisotopic (exact) mass is 314 g/mol. The van der Waals surface area contributed by atoms with Crippen LogP contribution in [0.4, 0.5) is 4.39 Å². The Morgan fingerprint density at radius 2 is 2.28 bits per heavy atom. The standard InChI is InChI=1S/C14H20BrFN2/c1-10-7-12(5-6-18(10)2)17-9-11-3-4-14(16)13(15)8-11/h3-4,8,10,12,17H,5-7,9H2,1-2H3. The van der Waals surface area contributed by atoms with Gasteiger partial charge >= 0.3 is 0 Å². The van der Waals surface area contributed by atoms with Gasteiger partial charge in [-0.15, -0.1) is 0 Å². The zero-order valence-electron chi connectivity index (χ0n) is 10.9. The second-order valence-corrected chi connectivity index (χ2v) is 6.03. The van der Waals surface area contributed by atoms with Crippen LogP contribution < -0.4 is 5.32 Å². The normalized spacial score (nSPS) is 25.3. The van der Waals surface area contributed by atoms with Crippen LogP contribution in [0.15, 0.2) is 22.7 Å². The highest BCUT2D eigenvalue weighted by molar-refractivity contribution is 9.10. The first-order valence-electron chi connectivity index (χ1n) is 6.44. The highest BCUT2D eigenvalue weighted by Crippen LogP contribution is 2.18. The molecule has 0 saturated carbocycles. The summed E-state index contributed by atoms with van der Waals surface area (Å²) >= 11 is 3.22. The van der Waals surface area contributed by atoms with Crippen molar-refractivity contribution < 1.29 is 4.39 Å². The maximum atomic E-state index is 13.1. The van der Waals surface area contributed by atoms with Crippen molar-refractivity contribution >= 4 is 15.9 Å². The quantitative estimate of drug-likeness (QED) is 0.922. The molecule has 0 radical (unpaired) electrons. The van der Waals surface area contributed by atoms with Gasteiger partial charge < -0.3 is 10.2 Å². The van der Waals surface area contributed by atoms with Crippen LogP contribution in [0.2, 0.25) is 0 Å². The molecule has 2 nitrogen and oxygen atoms in total. The molecule has 1 aliphatic heterocycles. The van der Waals surface area contributed by atoms with Gasteiger partial charge in [0.05, 0.1) is 4.47 Å². The van der Waals surface area contributed by atoms with E-state index in [-0.39, 0.29) is 5.82 Å². The Morgan fingerprint density at radius 1 is 1.50 bits per heavy atom. The Balaban J connectivity index is 1.86. The molecule has 0 spiro atoms. The van der Waals surface area contributed by atoms with Crippen LogP contribution in [0.1, 0.15) is 25.3 Å². The molecule has 0 aromatic heterocycles. The van der Waals surface area contributed by atoms with Crippen molar-refractivity contribution in [3.05, 3.63) is 34.1 Å². The predicted octanol–water partition coefficient (Wildman–Crippen LogP) is 3.16. The van der Waals surface area contributed by atoms with Crippen molar-refractivity contribution in [2.75, 3.05) is 13.6 Å². The molecule has 0 amide bonds. The largest absolute Gasteiger partial charge is 0.310 e. The van der Waals surface area contributed by atoms with E-state index in [9.17, 15) is 4.39 Å². The maximum absolute atomic E-state index is 13.1. The zero-order chi connectivity index (χ0) is 13.1. The number of nitrogens with zero attached hydrogens (tertiary/aromatic N) is 1. The lowest BCUT2D eigenvalue weighted by Crippen LogP contribution is -2.45. The van der Waals surface area contributed by atoms with Crippen molar-refractivity contribution in [2.24, 2.45) is 0 Å². The van der Waals surface area contributed by atoms with E-state index >= 15 is 0 Å². The fraction of sp³-hybridized carbons (Fsp3) is 0.571. The summed E-state index contributed by atoms with van der Waals surface area (Å²) in [5, 5.41) is 3.57. The zero-order valence-corrected chi connectivity index (χ0v) is 12.5. The molecule has 1 aromatic carbocycles. The molecule has 2 rings (SSSR count). The fourth-order valence-electron chi connectivity index (χ4n) is 2.39. The molecule has 4 heteroatoms. The molecule has 0 aliphatic carbocycles. The lowest BCUT2D eigenvalue weighted by atomic mass is 9.99. The van der Waals surface area contributed by atoms with Gasteiger partial charge in [0.2, 0.25) is 0 Å². The summed E-state index contributed by atoms with van der Waals surface area (Å²) in [7, 11) is 2.18. The highest BCUT2D eigenvalue weighted by Gasteiger charge is 2.22. The summed E-state index contributed by atoms with van der Waals surface area (Å²) < 4.78 is 13.7. The van der Waals surface area contributed by atoms with Crippen molar-refractivity contribution in [3.63, 3.8) is 0 Å². The van der Waals surface area contributed by atoms with E-state index in [1.165, 1.54) is 18.9 Å². The smallest absolute Gasteiger partial charge is 0.137 e. The molecule has 1 heterocycles. The third-order valence-corrected chi connectivity index (χ3v) is 4.39. The topological polar surface area (TPSA) is 15.3 Å². The SMILES string of the molecule is CC1CC(NCc2ccc(F)c(Br)c2)CCN1C. The van der Waals surface area contributed by atoms with Crippen LogP contribution in [0.3, 0.4) is 0 Å². The second kappa shape index (κ2) is 6.13. The van der Waals surface area contributed by atoms with Crippen molar-refractivity contribution in [1.82, 2.24) is 10.2 Å². The summed E-state index contributed by atoms with van der Waals surface area (Å²) in [5.74, 6) is -0.202. The molecule has 18 heavy (non-hydrogen) atoms. The molecule has 0 bridgehead atoms. The van der Waals surface area contributed by atoms with Crippen LogP contribution in [0.25, 0.3) is 0 Å². The molecule has 100 valence electrons. The Bertz CT molecular complexity index is 411. The first-order valence-corrected chi connectivity index (χ1v) is 7.23. The highest BCUT2D eigenvalue weighted by atomic mass is 79.9. The first kappa shape index (κ1) is 14.0. The average Bonchev–Trinajstić information content (AvgIpc) is 2.35. The summed E-state index contributed by atoms with van der Waals surface area (Å²) in [6, 6.07) is 6.40. The average molecular weight is 315 g/mol. The molecule has 1 aromatic rings. The Morgan fingerprint density at radius 3 is 2.94 bits per heavy atom. The van der Waals surface area contributed by atoms with Crippen molar-refractivity contribution in [1.29, 1.82) is 0 Å². The number of piperidine rings is 1. The molecule has 2 unspecified atom stereocenters. The van der Waals surface area contributed by atoms with E-state index in [4.69, 9.17) is 0 Å². The number of likely N-dealkylation sites (tertiary alicyclic amines) is 1. The molecule has 1 aliphatic rings. The van der Waals surface area contributed by atoms with Crippen molar-refractivity contribution in [3.8, 4) is 0 Å². The van der Waals surface area contributed by atoms with Crippen LogP contribution in [-0.2, 0) is 6.54 Å². The number of rotatable bonds is 3. The van der Waals surface area contributed by atoms with Gasteiger partial charge in [-0.1, -0.05) is 6.07 Å². The number of hydrogen-bond donors (Lipinski definition) is 1. The van der Waals surface area contributed by atoms with Gasteiger partial charge in [-0.25, -0.2) is 4.39 Å². The Kier molecular flexibility index (Phi) is 4.76. The molecular formula is C14H20BrFN2. The van der Waals surface area contributed by atoms with E-state index in [0.29, 0.717) is 16.6 Å². The van der Waals surface area contributed by atoms with Crippen molar-refractivity contribution in [2.45, 2.75) is 38.4 Å². The lowest BCUT2D eigenvalue weighted by molar-refractivity contribution is 0.168. The number of nitrogens with one attached hydrogen (secondary N) is 1. The first-order chi connectivity index (χ1) is 8.56. The Hall–Kier alpha value is -0.450. The lowest BCUT2D eigenvalue weighted by Gasteiger charge is -2.35. The van der Waals surface area contributed by atoms with Crippen LogP contribution in [0.5, 0.6) is 0 Å². The fourth-order valence-corrected chi connectivity index (χ4v) is 2.81. The number of halogens is 2. The van der Waals surface area contributed by atoms with E-state index in [1.54, 1.807) is 0 Å². The summed E-state index contributed by atoms with van der Waals surface area (Å²) in [4.78, 5) is 2.40. The minimum Gasteiger partial charge on any atom is -0.310 e. The predicted molar refractivity (Wildman–Crippen MR) is 76.1 cm³/mol. The number of benzene rings is 1. The molecule has 1 fully saturated rings.